The molecule has 1 fully saturated rings. The van der Waals surface area contributed by atoms with Crippen molar-refractivity contribution in [2.75, 3.05) is 29.9 Å². The van der Waals surface area contributed by atoms with Crippen LogP contribution in [0.1, 0.15) is 24.8 Å². The summed E-state index contributed by atoms with van der Waals surface area (Å²) < 4.78 is 5.14. The largest absolute Gasteiger partial charge is 0.455 e. The zero-order valence-electron chi connectivity index (χ0n) is 16.3. The number of aromatic nitrogens is 1. The number of aromatic amines is 1. The number of nitrogens with zero attached hydrogens (tertiary/aromatic N) is 1. The summed E-state index contributed by atoms with van der Waals surface area (Å²) in [5.74, 6) is -0.770. The number of fused-ring (bicyclic) bond motifs is 1. The number of carbonyl (C=O) groups excluding carboxylic acids is 2. The van der Waals surface area contributed by atoms with Crippen molar-refractivity contribution in [1.82, 2.24) is 4.98 Å². The van der Waals surface area contributed by atoms with E-state index in [0.29, 0.717) is 5.69 Å². The molecule has 150 valence electrons. The molecule has 6 heteroatoms. The standard InChI is InChI=1S/C23H25N3O3/c27-22(25-18-8-10-19(11-9-18)26-12-4-1-5-13-26)16-29-23(28)14-17-15-24-21-7-3-2-6-20(17)21/h2-3,6-11,15,24H,1,4-5,12-14,16H2,(H,25,27). The molecule has 2 heterocycles. The molecule has 6 nitrogen and oxygen atoms in total. The van der Waals surface area contributed by atoms with E-state index < -0.39 is 5.97 Å². The highest BCUT2D eigenvalue weighted by atomic mass is 16.5. The minimum absolute atomic E-state index is 0.127. The number of ether oxygens (including phenoxy) is 1. The zero-order valence-corrected chi connectivity index (χ0v) is 16.3. The molecule has 2 aromatic carbocycles. The number of hydrogen-bond donors (Lipinski definition) is 2. The van der Waals surface area contributed by atoms with Gasteiger partial charge >= 0.3 is 5.97 Å². The third-order valence-corrected chi connectivity index (χ3v) is 5.25. The maximum atomic E-state index is 12.1. The van der Waals surface area contributed by atoms with E-state index in [4.69, 9.17) is 4.74 Å². The van der Waals surface area contributed by atoms with Gasteiger partial charge in [-0.25, -0.2) is 0 Å². The SMILES string of the molecule is O=C(COC(=O)Cc1c[nH]c2ccccc12)Nc1ccc(N2CCCCC2)cc1. The van der Waals surface area contributed by atoms with Gasteiger partial charge in [-0.15, -0.1) is 0 Å². The van der Waals surface area contributed by atoms with Gasteiger partial charge in [0.15, 0.2) is 6.61 Å². The van der Waals surface area contributed by atoms with E-state index in [9.17, 15) is 9.59 Å². The monoisotopic (exact) mass is 391 g/mol. The Morgan fingerprint density at radius 1 is 1.00 bits per heavy atom. The summed E-state index contributed by atoms with van der Waals surface area (Å²) >= 11 is 0. The van der Waals surface area contributed by atoms with Crippen molar-refractivity contribution < 1.29 is 14.3 Å². The van der Waals surface area contributed by atoms with Gasteiger partial charge in [-0.1, -0.05) is 18.2 Å². The fraction of sp³-hybridized carbons (Fsp3) is 0.304. The van der Waals surface area contributed by atoms with Crippen LogP contribution < -0.4 is 10.2 Å². The third kappa shape index (κ3) is 4.77. The van der Waals surface area contributed by atoms with Crippen molar-refractivity contribution >= 4 is 34.2 Å². The molecular weight excluding hydrogens is 366 g/mol. The van der Waals surface area contributed by atoms with Crippen LogP contribution in [0.3, 0.4) is 0 Å². The first-order valence-electron chi connectivity index (χ1n) is 10.0. The molecule has 0 radical (unpaired) electrons. The predicted octanol–water partition coefficient (Wildman–Crippen LogP) is 3.88. The van der Waals surface area contributed by atoms with Crippen molar-refractivity contribution in [1.29, 1.82) is 0 Å². The van der Waals surface area contributed by atoms with E-state index in [-0.39, 0.29) is 18.9 Å². The Labute approximate surface area is 169 Å². The van der Waals surface area contributed by atoms with E-state index in [1.807, 2.05) is 48.5 Å². The molecule has 0 spiro atoms. The van der Waals surface area contributed by atoms with Crippen LogP contribution in [0, 0.1) is 0 Å². The maximum absolute atomic E-state index is 12.1. The van der Waals surface area contributed by atoms with E-state index in [0.717, 1.165) is 29.6 Å². The number of piperidine rings is 1. The molecule has 0 bridgehead atoms. The molecule has 1 saturated heterocycles. The summed E-state index contributed by atoms with van der Waals surface area (Å²) in [7, 11) is 0. The quantitative estimate of drug-likeness (QED) is 0.626. The highest BCUT2D eigenvalue weighted by Crippen LogP contribution is 2.22. The Kier molecular flexibility index (Phi) is 5.79. The molecule has 0 atom stereocenters. The minimum atomic E-state index is -0.426. The van der Waals surface area contributed by atoms with Crippen LogP contribution >= 0.6 is 0 Å². The van der Waals surface area contributed by atoms with Gasteiger partial charge in [-0.2, -0.15) is 0 Å². The number of nitrogens with one attached hydrogen (secondary N) is 2. The van der Waals surface area contributed by atoms with Crippen LogP contribution in [0.2, 0.25) is 0 Å². The first kappa shape index (κ1) is 19.1. The second-order valence-electron chi connectivity index (χ2n) is 7.34. The number of benzene rings is 2. The summed E-state index contributed by atoms with van der Waals surface area (Å²) in [6, 6.07) is 15.6. The molecular formula is C23H25N3O3. The fourth-order valence-corrected chi connectivity index (χ4v) is 3.74. The third-order valence-electron chi connectivity index (χ3n) is 5.25. The number of esters is 1. The molecule has 3 aromatic rings. The summed E-state index contributed by atoms with van der Waals surface area (Å²) in [4.78, 5) is 29.7. The van der Waals surface area contributed by atoms with Crippen molar-refractivity contribution in [2.45, 2.75) is 25.7 Å². The molecule has 4 rings (SSSR count). The van der Waals surface area contributed by atoms with E-state index in [1.54, 1.807) is 6.20 Å². The fourth-order valence-electron chi connectivity index (χ4n) is 3.74. The Bertz CT molecular complexity index is 988. The number of carbonyl (C=O) groups is 2. The molecule has 1 aliphatic rings. The summed E-state index contributed by atoms with van der Waals surface area (Å²) in [5, 5.41) is 3.76. The van der Waals surface area contributed by atoms with Gasteiger partial charge in [-0.05, 0) is 55.2 Å². The van der Waals surface area contributed by atoms with Gasteiger partial charge in [0.2, 0.25) is 0 Å². The zero-order chi connectivity index (χ0) is 20.1. The number of H-pyrrole nitrogens is 1. The second-order valence-corrected chi connectivity index (χ2v) is 7.34. The molecule has 1 aliphatic heterocycles. The summed E-state index contributed by atoms with van der Waals surface area (Å²) in [6.45, 7) is 1.87. The predicted molar refractivity (Wildman–Crippen MR) is 114 cm³/mol. The molecule has 1 aromatic heterocycles. The number of para-hydroxylation sites is 1. The van der Waals surface area contributed by atoms with Crippen LogP contribution in [-0.2, 0) is 20.7 Å². The molecule has 0 unspecified atom stereocenters. The highest BCUT2D eigenvalue weighted by molar-refractivity contribution is 5.93. The van der Waals surface area contributed by atoms with Gasteiger partial charge < -0.3 is 19.9 Å². The Balaban J connectivity index is 1.25. The van der Waals surface area contributed by atoms with Crippen molar-refractivity contribution in [2.24, 2.45) is 0 Å². The van der Waals surface area contributed by atoms with Crippen LogP contribution in [0.25, 0.3) is 10.9 Å². The lowest BCUT2D eigenvalue weighted by Gasteiger charge is -2.28. The molecule has 1 amide bonds. The number of hydrogen-bond acceptors (Lipinski definition) is 4. The Morgan fingerprint density at radius 2 is 1.76 bits per heavy atom. The smallest absolute Gasteiger partial charge is 0.310 e. The average Bonchev–Trinajstić information content (AvgIpc) is 3.16. The van der Waals surface area contributed by atoms with Crippen LogP contribution in [0.4, 0.5) is 11.4 Å². The molecule has 29 heavy (non-hydrogen) atoms. The summed E-state index contributed by atoms with van der Waals surface area (Å²) in [6.07, 6.45) is 5.67. The number of amides is 1. The van der Waals surface area contributed by atoms with Crippen molar-refractivity contribution in [3.63, 3.8) is 0 Å². The van der Waals surface area contributed by atoms with Gasteiger partial charge in [0, 0.05) is 41.6 Å². The Morgan fingerprint density at radius 3 is 2.55 bits per heavy atom. The van der Waals surface area contributed by atoms with Crippen LogP contribution in [0.15, 0.2) is 54.7 Å². The number of rotatable bonds is 6. The van der Waals surface area contributed by atoms with Gasteiger partial charge in [0.25, 0.3) is 5.91 Å². The lowest BCUT2D eigenvalue weighted by Crippen LogP contribution is -2.29. The normalized spacial score (nSPS) is 14.0. The van der Waals surface area contributed by atoms with Gasteiger partial charge in [-0.3, -0.25) is 9.59 Å². The van der Waals surface area contributed by atoms with Crippen LogP contribution in [0.5, 0.6) is 0 Å². The van der Waals surface area contributed by atoms with Gasteiger partial charge in [0.05, 0.1) is 6.42 Å². The Hall–Kier alpha value is -3.28. The van der Waals surface area contributed by atoms with Crippen molar-refractivity contribution in [3.8, 4) is 0 Å². The summed E-state index contributed by atoms with van der Waals surface area (Å²) in [5.41, 5.74) is 3.71. The highest BCUT2D eigenvalue weighted by Gasteiger charge is 2.13. The number of anilines is 2. The van der Waals surface area contributed by atoms with Crippen molar-refractivity contribution in [3.05, 3.63) is 60.3 Å². The van der Waals surface area contributed by atoms with E-state index in [1.165, 1.54) is 24.9 Å². The minimum Gasteiger partial charge on any atom is -0.455 e. The molecule has 0 aliphatic carbocycles. The molecule has 0 saturated carbocycles. The first-order valence-corrected chi connectivity index (χ1v) is 10.0. The maximum Gasteiger partial charge on any atom is 0.310 e. The average molecular weight is 391 g/mol. The lowest BCUT2D eigenvalue weighted by atomic mass is 10.1. The van der Waals surface area contributed by atoms with E-state index >= 15 is 0 Å². The molecule has 2 N–H and O–H groups in total. The van der Waals surface area contributed by atoms with E-state index in [2.05, 4.69) is 15.2 Å². The lowest BCUT2D eigenvalue weighted by molar-refractivity contribution is -0.146. The van der Waals surface area contributed by atoms with Gasteiger partial charge in [0.1, 0.15) is 0 Å². The topological polar surface area (TPSA) is 74.4 Å². The second kappa shape index (κ2) is 8.82. The van der Waals surface area contributed by atoms with Crippen LogP contribution in [-0.4, -0.2) is 36.6 Å². The first-order chi connectivity index (χ1) is 14.2.